The van der Waals surface area contributed by atoms with E-state index in [-0.39, 0.29) is 5.56 Å². The summed E-state index contributed by atoms with van der Waals surface area (Å²) in [6, 6.07) is 25.4. The van der Waals surface area contributed by atoms with Gasteiger partial charge in [0.1, 0.15) is 6.04 Å². The molecule has 0 aliphatic rings. The molecule has 0 bridgehead atoms. The predicted octanol–water partition coefficient (Wildman–Crippen LogP) is 4.91. The monoisotopic (exact) mass is 528 g/mol. The lowest BCUT2D eigenvalue weighted by Gasteiger charge is -2.31. The van der Waals surface area contributed by atoms with Crippen LogP contribution in [-0.4, -0.2) is 43.8 Å². The van der Waals surface area contributed by atoms with Gasteiger partial charge in [-0.1, -0.05) is 66.2 Å². The second kappa shape index (κ2) is 11.7. The second-order valence-corrected chi connectivity index (χ2v) is 9.75. The minimum absolute atomic E-state index is 0.177. The Balaban J connectivity index is 1.68. The molecule has 0 spiro atoms. The number of hydrogen-bond acceptors (Lipinski definition) is 6. The summed E-state index contributed by atoms with van der Waals surface area (Å²) in [5.74, 6) is 0.573. The number of benzene rings is 3. The van der Waals surface area contributed by atoms with Crippen molar-refractivity contribution in [1.29, 1.82) is 0 Å². The minimum atomic E-state index is -0.535. The van der Waals surface area contributed by atoms with Crippen molar-refractivity contribution >= 4 is 22.5 Å². The molecule has 5 aromatic rings. The van der Waals surface area contributed by atoms with Crippen LogP contribution in [0.15, 0.2) is 83.7 Å². The first-order valence-electron chi connectivity index (χ1n) is 12.4. The van der Waals surface area contributed by atoms with E-state index in [1.165, 1.54) is 0 Å². The highest BCUT2D eigenvalue weighted by Crippen LogP contribution is 2.30. The van der Waals surface area contributed by atoms with Crippen molar-refractivity contribution in [3.63, 3.8) is 0 Å². The number of nitrogens with one attached hydrogen (secondary N) is 1. The zero-order valence-corrected chi connectivity index (χ0v) is 22.1. The number of hydrogen-bond donors (Lipinski definition) is 1. The number of halogens is 1. The molecule has 2 aromatic heterocycles. The molecule has 0 unspecified atom stereocenters. The molecule has 9 heteroatoms. The van der Waals surface area contributed by atoms with Crippen molar-refractivity contribution in [3.05, 3.63) is 122 Å². The third-order valence-electron chi connectivity index (χ3n) is 6.53. The molecule has 3 aromatic carbocycles. The fourth-order valence-electron chi connectivity index (χ4n) is 4.66. The molecule has 0 aliphatic heterocycles. The van der Waals surface area contributed by atoms with Crippen molar-refractivity contribution in [2.45, 2.75) is 32.6 Å². The number of aromatic nitrogens is 5. The van der Waals surface area contributed by atoms with Gasteiger partial charge in [0.05, 0.1) is 13.2 Å². The van der Waals surface area contributed by atoms with E-state index >= 15 is 0 Å². The van der Waals surface area contributed by atoms with Crippen LogP contribution in [0.2, 0.25) is 5.02 Å². The van der Waals surface area contributed by atoms with Gasteiger partial charge in [-0.2, -0.15) is 0 Å². The SMILES string of the molecule is COCCn1nnnc1[C@H](c1cc2ccc(C)cc2[nH]c1=O)N(Cc1ccccc1)Cc1ccc(Cl)cc1. The molecule has 0 amide bonds. The molecule has 5 rings (SSSR count). The van der Waals surface area contributed by atoms with Crippen LogP contribution in [0.4, 0.5) is 0 Å². The smallest absolute Gasteiger partial charge is 0.253 e. The van der Waals surface area contributed by atoms with Crippen LogP contribution in [0.25, 0.3) is 10.9 Å². The van der Waals surface area contributed by atoms with E-state index in [1.807, 2.05) is 73.7 Å². The number of rotatable bonds is 10. The van der Waals surface area contributed by atoms with E-state index in [9.17, 15) is 4.79 Å². The second-order valence-electron chi connectivity index (χ2n) is 9.32. The first-order chi connectivity index (χ1) is 18.5. The number of H-pyrrole nitrogens is 1. The summed E-state index contributed by atoms with van der Waals surface area (Å²) in [7, 11) is 1.64. The first-order valence-corrected chi connectivity index (χ1v) is 12.8. The predicted molar refractivity (Wildman–Crippen MR) is 148 cm³/mol. The average Bonchev–Trinajstić information content (AvgIpc) is 3.38. The van der Waals surface area contributed by atoms with Crippen LogP contribution in [0.5, 0.6) is 0 Å². The van der Waals surface area contributed by atoms with Gasteiger partial charge in [-0.25, -0.2) is 4.68 Å². The van der Waals surface area contributed by atoms with Gasteiger partial charge in [-0.15, -0.1) is 5.10 Å². The summed E-state index contributed by atoms with van der Waals surface area (Å²) in [4.78, 5) is 19.0. The lowest BCUT2D eigenvalue weighted by Crippen LogP contribution is -2.35. The van der Waals surface area contributed by atoms with Crippen molar-refractivity contribution < 1.29 is 4.74 Å². The standard InChI is InChI=1S/C29H29ClN6O2/c1-20-8-11-23-17-25(29(37)31-26(23)16-20)27(28-32-33-34-36(28)14-15-38-2)35(18-21-6-4-3-5-7-21)19-22-9-12-24(30)13-10-22/h3-13,16-17,27H,14-15,18-19H2,1-2H3,(H,31,37)/t27-/m0/s1. The summed E-state index contributed by atoms with van der Waals surface area (Å²) in [6.07, 6.45) is 0. The van der Waals surface area contributed by atoms with E-state index in [4.69, 9.17) is 16.3 Å². The third-order valence-corrected chi connectivity index (χ3v) is 6.78. The molecular weight excluding hydrogens is 500 g/mol. The fourth-order valence-corrected chi connectivity index (χ4v) is 4.79. The molecule has 2 heterocycles. The maximum Gasteiger partial charge on any atom is 0.253 e. The molecule has 1 atom stereocenters. The number of tetrazole rings is 1. The van der Waals surface area contributed by atoms with Crippen LogP contribution in [0, 0.1) is 6.92 Å². The molecule has 0 saturated heterocycles. The van der Waals surface area contributed by atoms with Crippen LogP contribution in [0.3, 0.4) is 0 Å². The van der Waals surface area contributed by atoms with Gasteiger partial charge in [0, 0.05) is 36.3 Å². The van der Waals surface area contributed by atoms with Gasteiger partial charge in [0.15, 0.2) is 5.82 Å². The molecule has 0 aliphatic carbocycles. The highest BCUT2D eigenvalue weighted by Gasteiger charge is 2.31. The lowest BCUT2D eigenvalue weighted by atomic mass is 10.0. The number of ether oxygens (including phenoxy) is 1. The number of methoxy groups -OCH3 is 1. The van der Waals surface area contributed by atoms with Crippen LogP contribution >= 0.6 is 11.6 Å². The summed E-state index contributed by atoms with van der Waals surface area (Å²) in [5.41, 5.74) is 4.43. The number of pyridine rings is 1. The maximum atomic E-state index is 13.7. The molecule has 194 valence electrons. The molecule has 0 radical (unpaired) electrons. The number of fused-ring (bicyclic) bond motifs is 1. The summed E-state index contributed by atoms with van der Waals surface area (Å²) < 4.78 is 7.02. The third kappa shape index (κ3) is 5.83. The summed E-state index contributed by atoms with van der Waals surface area (Å²) >= 11 is 6.17. The van der Waals surface area contributed by atoms with E-state index in [2.05, 4.69) is 37.5 Å². The van der Waals surface area contributed by atoms with Gasteiger partial charge in [-0.3, -0.25) is 9.69 Å². The van der Waals surface area contributed by atoms with E-state index in [0.717, 1.165) is 27.6 Å². The van der Waals surface area contributed by atoms with Crippen LogP contribution < -0.4 is 5.56 Å². The maximum absolute atomic E-state index is 13.7. The van der Waals surface area contributed by atoms with E-state index < -0.39 is 6.04 Å². The molecule has 8 nitrogen and oxygen atoms in total. The number of aromatic amines is 1. The first kappa shape index (κ1) is 25.8. The van der Waals surface area contributed by atoms with Crippen LogP contribution in [-0.2, 0) is 24.4 Å². The summed E-state index contributed by atoms with van der Waals surface area (Å²) in [5, 5.41) is 14.3. The van der Waals surface area contributed by atoms with Gasteiger partial charge in [0.25, 0.3) is 5.56 Å². The Hall–Kier alpha value is -3.85. The number of nitrogens with zero attached hydrogens (tertiary/aromatic N) is 5. The zero-order chi connectivity index (χ0) is 26.5. The van der Waals surface area contributed by atoms with Crippen molar-refractivity contribution in [2.24, 2.45) is 0 Å². The van der Waals surface area contributed by atoms with Gasteiger partial charge in [0.2, 0.25) is 0 Å². The Labute approximate surface area is 225 Å². The van der Waals surface area contributed by atoms with Crippen molar-refractivity contribution in [3.8, 4) is 0 Å². The average molecular weight is 529 g/mol. The topological polar surface area (TPSA) is 88.9 Å². The highest BCUT2D eigenvalue weighted by molar-refractivity contribution is 6.30. The van der Waals surface area contributed by atoms with Crippen molar-refractivity contribution in [2.75, 3.05) is 13.7 Å². The number of aryl methyl sites for hydroxylation is 1. The Morgan fingerprint density at radius 1 is 1.00 bits per heavy atom. The molecule has 1 N–H and O–H groups in total. The molecule has 0 saturated carbocycles. The molecule has 38 heavy (non-hydrogen) atoms. The largest absolute Gasteiger partial charge is 0.383 e. The summed E-state index contributed by atoms with van der Waals surface area (Å²) in [6.45, 7) is 4.01. The van der Waals surface area contributed by atoms with Gasteiger partial charge < -0.3 is 9.72 Å². The fraction of sp³-hybridized carbons (Fsp3) is 0.241. The minimum Gasteiger partial charge on any atom is -0.383 e. The molecule has 0 fully saturated rings. The lowest BCUT2D eigenvalue weighted by molar-refractivity contribution is 0.169. The Morgan fingerprint density at radius 2 is 1.74 bits per heavy atom. The van der Waals surface area contributed by atoms with Crippen LogP contribution in [0.1, 0.15) is 34.1 Å². The van der Waals surface area contributed by atoms with Crippen molar-refractivity contribution in [1.82, 2.24) is 30.1 Å². The normalized spacial score (nSPS) is 12.3. The van der Waals surface area contributed by atoms with Gasteiger partial charge >= 0.3 is 0 Å². The Bertz CT molecular complexity index is 1570. The Kier molecular flexibility index (Phi) is 7.93. The quantitative estimate of drug-likeness (QED) is 0.277. The van der Waals surface area contributed by atoms with E-state index in [1.54, 1.807) is 11.8 Å². The Morgan fingerprint density at radius 3 is 2.47 bits per heavy atom. The zero-order valence-electron chi connectivity index (χ0n) is 21.3. The van der Waals surface area contributed by atoms with Gasteiger partial charge in [-0.05, 0) is 63.7 Å². The van der Waals surface area contributed by atoms with E-state index in [0.29, 0.717) is 42.7 Å². The highest BCUT2D eigenvalue weighted by atomic mass is 35.5. The molecular formula is C29H29ClN6O2.